The number of nitrogens with zero attached hydrogens (tertiary/aromatic N) is 2. The molecule has 2 aliphatic rings. The fraction of sp³-hybridized carbons (Fsp3) is 0.316. The van der Waals surface area contributed by atoms with Gasteiger partial charge in [0.25, 0.3) is 11.8 Å². The fourth-order valence-electron chi connectivity index (χ4n) is 3.60. The van der Waals surface area contributed by atoms with Crippen molar-refractivity contribution in [2.75, 3.05) is 12.4 Å². The van der Waals surface area contributed by atoms with E-state index in [1.54, 1.807) is 0 Å². The first kappa shape index (κ1) is 20.4. The minimum Gasteiger partial charge on any atom is -0.503 e. The zero-order chi connectivity index (χ0) is 21.6. The predicted octanol–water partition coefficient (Wildman–Crippen LogP) is 0.652. The number of fused-ring (bicyclic) bond motifs is 2. The molecule has 1 saturated heterocycles. The van der Waals surface area contributed by atoms with E-state index >= 15 is 0 Å². The molecule has 0 aliphatic carbocycles. The number of aliphatic hydroxyl groups is 1. The number of rotatable bonds is 4. The fourth-order valence-corrected chi connectivity index (χ4v) is 5.01. The van der Waals surface area contributed by atoms with Crippen LogP contribution in [0.4, 0.5) is 8.78 Å². The van der Waals surface area contributed by atoms with Crippen molar-refractivity contribution in [1.82, 2.24) is 14.8 Å². The van der Waals surface area contributed by atoms with Crippen molar-refractivity contribution in [3.8, 4) is 5.75 Å². The number of aromatic nitrogens is 1. The predicted molar refractivity (Wildman–Crippen MR) is 103 cm³/mol. The van der Waals surface area contributed by atoms with Crippen molar-refractivity contribution in [3.63, 3.8) is 0 Å². The number of nitrogens with one attached hydrogen (secondary N) is 1. The van der Waals surface area contributed by atoms with Gasteiger partial charge in [0.1, 0.15) is 17.2 Å². The second-order valence-electron chi connectivity index (χ2n) is 6.98. The van der Waals surface area contributed by atoms with Crippen LogP contribution in [0.3, 0.4) is 0 Å². The molecule has 0 radical (unpaired) electrons. The Morgan fingerprint density at radius 1 is 1.30 bits per heavy atom. The monoisotopic (exact) mass is 437 g/mol. The second kappa shape index (κ2) is 7.73. The molecule has 3 N–H and O–H groups in total. The molecule has 4 rings (SSSR count). The maximum Gasteiger partial charge on any atom is 0.275 e. The first-order valence-electron chi connectivity index (χ1n) is 9.05. The molecule has 1 aromatic carbocycles. The number of thioether (sulfide) groups is 1. The van der Waals surface area contributed by atoms with E-state index in [2.05, 4.69) is 5.32 Å². The largest absolute Gasteiger partial charge is 0.503 e. The second-order valence-corrected chi connectivity index (χ2v) is 8.19. The van der Waals surface area contributed by atoms with Gasteiger partial charge in [-0.15, -0.1) is 11.8 Å². The number of carbonyl (C=O) groups excluding carboxylic acids is 2. The van der Waals surface area contributed by atoms with Crippen LogP contribution in [0.25, 0.3) is 0 Å². The van der Waals surface area contributed by atoms with E-state index in [0.717, 1.165) is 6.07 Å². The van der Waals surface area contributed by atoms with E-state index in [1.165, 1.54) is 33.5 Å². The number of hydrogen-bond donors (Lipinski definition) is 3. The molecule has 0 spiro atoms. The van der Waals surface area contributed by atoms with Crippen LogP contribution in [0.2, 0.25) is 0 Å². The van der Waals surface area contributed by atoms with Crippen LogP contribution < -0.4 is 10.7 Å². The molecule has 158 valence electrons. The van der Waals surface area contributed by atoms with Crippen molar-refractivity contribution < 1.29 is 28.6 Å². The van der Waals surface area contributed by atoms with Gasteiger partial charge in [-0.05, 0) is 6.07 Å². The standard InChI is InChI=1S/C19H17F2N3O5S/c20-10-2-1-9(13(21)3-10)4-22-18(28)12-5-23-6-14-24(11(7-25)8-30-14)19(29)15(23)17(27)16(12)26/h1-3,5,11,14,25,27H,4,6-8H2,(H,22,28)/t11-,14?/m0/s1. The molecular formula is C19H17F2N3O5S. The molecule has 30 heavy (non-hydrogen) atoms. The molecule has 3 heterocycles. The lowest BCUT2D eigenvalue weighted by molar-refractivity contribution is 0.0547. The maximum atomic E-state index is 13.7. The first-order valence-corrected chi connectivity index (χ1v) is 10.1. The van der Waals surface area contributed by atoms with Crippen molar-refractivity contribution in [2.45, 2.75) is 24.5 Å². The Kier molecular flexibility index (Phi) is 5.24. The van der Waals surface area contributed by atoms with Gasteiger partial charge in [0.05, 0.1) is 24.6 Å². The van der Waals surface area contributed by atoms with Gasteiger partial charge in [-0.2, -0.15) is 0 Å². The third kappa shape index (κ3) is 3.33. The van der Waals surface area contributed by atoms with Gasteiger partial charge >= 0.3 is 0 Å². The van der Waals surface area contributed by atoms with Gasteiger partial charge in [0, 0.05) is 30.1 Å². The van der Waals surface area contributed by atoms with Gasteiger partial charge < -0.3 is 25.0 Å². The lowest BCUT2D eigenvalue weighted by atomic mass is 10.1. The van der Waals surface area contributed by atoms with Gasteiger partial charge in [-0.1, -0.05) is 6.07 Å². The molecule has 0 bridgehead atoms. The number of carbonyl (C=O) groups is 2. The molecular weight excluding hydrogens is 420 g/mol. The Hall–Kier alpha value is -2.92. The summed E-state index contributed by atoms with van der Waals surface area (Å²) in [4.78, 5) is 39.3. The molecule has 8 nitrogen and oxygen atoms in total. The van der Waals surface area contributed by atoms with Gasteiger partial charge in [-0.25, -0.2) is 8.78 Å². The summed E-state index contributed by atoms with van der Waals surface area (Å²) in [5.74, 6) is -3.40. The number of amides is 2. The van der Waals surface area contributed by atoms with E-state index in [-0.39, 0.29) is 36.3 Å². The summed E-state index contributed by atoms with van der Waals surface area (Å²) in [7, 11) is 0. The number of halogens is 2. The Morgan fingerprint density at radius 3 is 2.77 bits per heavy atom. The molecule has 2 atom stereocenters. The summed E-state index contributed by atoms with van der Waals surface area (Å²) < 4.78 is 28.1. The Bertz CT molecular complexity index is 1110. The quantitative estimate of drug-likeness (QED) is 0.648. The van der Waals surface area contributed by atoms with Crippen LogP contribution in [0.1, 0.15) is 26.4 Å². The highest BCUT2D eigenvalue weighted by molar-refractivity contribution is 8.00. The number of hydrogen-bond acceptors (Lipinski definition) is 6. The van der Waals surface area contributed by atoms with Gasteiger partial charge in [-0.3, -0.25) is 14.4 Å². The maximum absolute atomic E-state index is 13.7. The molecule has 2 aliphatic heterocycles. The van der Waals surface area contributed by atoms with Crippen LogP contribution >= 0.6 is 11.8 Å². The van der Waals surface area contributed by atoms with Crippen molar-refractivity contribution >= 4 is 23.6 Å². The highest BCUT2D eigenvalue weighted by Gasteiger charge is 2.43. The Morgan fingerprint density at radius 2 is 2.07 bits per heavy atom. The molecule has 1 fully saturated rings. The summed E-state index contributed by atoms with van der Waals surface area (Å²) in [5, 5.41) is 21.9. The Labute approximate surface area is 173 Å². The minimum atomic E-state index is -1.03. The average Bonchev–Trinajstić information content (AvgIpc) is 3.13. The number of aromatic hydroxyl groups is 1. The molecule has 2 amide bonds. The van der Waals surface area contributed by atoms with Crippen molar-refractivity contribution in [2.24, 2.45) is 0 Å². The summed E-state index contributed by atoms with van der Waals surface area (Å²) in [6.07, 6.45) is 1.19. The lowest BCUT2D eigenvalue weighted by Crippen LogP contribution is -2.50. The molecule has 1 unspecified atom stereocenters. The topological polar surface area (TPSA) is 112 Å². The Balaban J connectivity index is 1.62. The number of benzene rings is 1. The smallest absolute Gasteiger partial charge is 0.275 e. The highest BCUT2D eigenvalue weighted by Crippen LogP contribution is 2.36. The van der Waals surface area contributed by atoms with E-state index in [9.17, 15) is 33.4 Å². The van der Waals surface area contributed by atoms with Crippen LogP contribution in [-0.2, 0) is 13.1 Å². The van der Waals surface area contributed by atoms with Crippen molar-refractivity contribution in [1.29, 1.82) is 0 Å². The van der Waals surface area contributed by atoms with Crippen molar-refractivity contribution in [3.05, 3.63) is 63.1 Å². The van der Waals surface area contributed by atoms with E-state index in [0.29, 0.717) is 11.8 Å². The molecule has 1 aromatic heterocycles. The first-order chi connectivity index (χ1) is 14.3. The number of aliphatic hydroxyl groups excluding tert-OH is 1. The van der Waals surface area contributed by atoms with E-state index in [1.807, 2.05) is 0 Å². The van der Waals surface area contributed by atoms with Crippen LogP contribution in [-0.4, -0.2) is 55.3 Å². The molecule has 0 saturated carbocycles. The highest BCUT2D eigenvalue weighted by atomic mass is 32.2. The summed E-state index contributed by atoms with van der Waals surface area (Å²) in [6.45, 7) is -0.306. The SMILES string of the molecule is O=C(NCc1ccc(F)cc1F)c1cn2c(c(O)c1=O)C(=O)N1C(C2)SC[C@@H]1CO. The van der Waals surface area contributed by atoms with Crippen LogP contribution in [0.5, 0.6) is 5.75 Å². The van der Waals surface area contributed by atoms with Gasteiger partial charge in [0.15, 0.2) is 11.4 Å². The zero-order valence-corrected chi connectivity index (χ0v) is 16.3. The summed E-state index contributed by atoms with van der Waals surface area (Å²) in [6, 6.07) is 2.48. The average molecular weight is 437 g/mol. The minimum absolute atomic E-state index is 0.0234. The normalized spacial score (nSPS) is 20.1. The van der Waals surface area contributed by atoms with E-state index in [4.69, 9.17) is 0 Å². The third-order valence-electron chi connectivity index (χ3n) is 5.14. The zero-order valence-electron chi connectivity index (χ0n) is 15.5. The summed E-state index contributed by atoms with van der Waals surface area (Å²) in [5.41, 5.74) is -1.65. The molecule has 11 heteroatoms. The lowest BCUT2D eigenvalue weighted by Gasteiger charge is -2.35. The van der Waals surface area contributed by atoms with Gasteiger partial charge in [0.2, 0.25) is 5.43 Å². The number of pyridine rings is 1. The summed E-state index contributed by atoms with van der Waals surface area (Å²) >= 11 is 1.45. The van der Waals surface area contributed by atoms with Crippen LogP contribution in [0, 0.1) is 11.6 Å². The van der Waals surface area contributed by atoms with E-state index < -0.39 is 46.2 Å². The van der Waals surface area contributed by atoms with Crippen LogP contribution in [0.15, 0.2) is 29.2 Å². The third-order valence-corrected chi connectivity index (χ3v) is 6.48. The molecule has 2 aromatic rings.